The van der Waals surface area contributed by atoms with Crippen LogP contribution in [0.25, 0.3) is 0 Å². The first-order valence-electron chi connectivity index (χ1n) is 15.8. The summed E-state index contributed by atoms with van der Waals surface area (Å²) in [6.45, 7) is 22.2. The third-order valence-corrected chi connectivity index (χ3v) is 12.0. The van der Waals surface area contributed by atoms with Gasteiger partial charge in [-0.1, -0.05) is 113 Å². The predicted octanol–water partition coefficient (Wildman–Crippen LogP) is 11.7. The molecule has 0 aromatic rings. The summed E-state index contributed by atoms with van der Waals surface area (Å²) in [6, 6.07) is 0. The molecule has 0 saturated heterocycles. The SMILES string of the molecule is C.CC1CCC2(C)C(=CCC3C2CCC2(C)C(C(C)CCC(C)C(C)C)CCC32)C1.CCCCC. The Hall–Kier alpha value is -0.260. The summed E-state index contributed by atoms with van der Waals surface area (Å²) in [5.74, 6) is 7.53. The van der Waals surface area contributed by atoms with E-state index in [0.29, 0.717) is 10.8 Å². The first-order chi connectivity index (χ1) is 16.1. The van der Waals surface area contributed by atoms with Crippen LogP contribution in [-0.4, -0.2) is 0 Å². The molecule has 0 radical (unpaired) electrons. The van der Waals surface area contributed by atoms with Crippen molar-refractivity contribution in [3.63, 3.8) is 0 Å². The highest BCUT2D eigenvalue weighted by atomic mass is 14.6. The summed E-state index contributed by atoms with van der Waals surface area (Å²) in [4.78, 5) is 0. The smallest absolute Gasteiger partial charge is 0.00851 e. The van der Waals surface area contributed by atoms with Crippen LogP contribution in [0.2, 0.25) is 0 Å². The van der Waals surface area contributed by atoms with Gasteiger partial charge in [0.2, 0.25) is 0 Å². The van der Waals surface area contributed by atoms with E-state index < -0.39 is 0 Å². The maximum atomic E-state index is 2.75. The molecule has 0 aromatic carbocycles. The van der Waals surface area contributed by atoms with E-state index in [1.807, 2.05) is 5.57 Å². The molecule has 4 aliphatic rings. The van der Waals surface area contributed by atoms with Crippen molar-refractivity contribution < 1.29 is 0 Å². The second-order valence-corrected chi connectivity index (χ2v) is 14.5. The van der Waals surface area contributed by atoms with Crippen LogP contribution in [0, 0.1) is 58.2 Å². The summed E-state index contributed by atoms with van der Waals surface area (Å²) < 4.78 is 0. The van der Waals surface area contributed by atoms with Gasteiger partial charge in [-0.15, -0.1) is 0 Å². The van der Waals surface area contributed by atoms with E-state index in [1.54, 1.807) is 0 Å². The van der Waals surface area contributed by atoms with Crippen molar-refractivity contribution in [2.75, 3.05) is 0 Å². The summed E-state index contributed by atoms with van der Waals surface area (Å²) in [5.41, 5.74) is 3.05. The zero-order valence-corrected chi connectivity index (χ0v) is 24.9. The van der Waals surface area contributed by atoms with Gasteiger partial charge in [0.05, 0.1) is 0 Å². The first-order valence-corrected chi connectivity index (χ1v) is 15.8. The first kappa shape index (κ1) is 31.0. The molecule has 0 spiro atoms. The molecule has 0 N–H and O–H groups in total. The van der Waals surface area contributed by atoms with Gasteiger partial charge in [-0.3, -0.25) is 0 Å². The number of allylic oxidation sites excluding steroid dienone is 2. The lowest BCUT2D eigenvalue weighted by molar-refractivity contribution is -0.0525. The third-order valence-electron chi connectivity index (χ3n) is 12.0. The van der Waals surface area contributed by atoms with Crippen LogP contribution < -0.4 is 0 Å². The third kappa shape index (κ3) is 6.42. The van der Waals surface area contributed by atoms with Gasteiger partial charge in [0, 0.05) is 0 Å². The Labute approximate surface area is 222 Å². The van der Waals surface area contributed by atoms with Crippen LogP contribution in [0.5, 0.6) is 0 Å². The minimum Gasteiger partial charge on any atom is -0.0845 e. The summed E-state index contributed by atoms with van der Waals surface area (Å²) >= 11 is 0. The van der Waals surface area contributed by atoms with Crippen molar-refractivity contribution in [3.8, 4) is 0 Å². The molecule has 0 nitrogen and oxygen atoms in total. The maximum Gasteiger partial charge on any atom is -0.00851 e. The molecule has 0 aromatic heterocycles. The Morgan fingerprint density at radius 3 is 2.17 bits per heavy atom. The van der Waals surface area contributed by atoms with Gasteiger partial charge in [0.25, 0.3) is 0 Å². The highest BCUT2D eigenvalue weighted by Crippen LogP contribution is 2.67. The van der Waals surface area contributed by atoms with Crippen molar-refractivity contribution in [1.82, 2.24) is 0 Å². The monoisotopic (exact) mass is 487 g/mol. The quantitative estimate of drug-likeness (QED) is 0.314. The molecule has 3 saturated carbocycles. The predicted molar refractivity (Wildman–Crippen MR) is 159 cm³/mol. The normalized spacial score (nSPS) is 39.7. The molecule has 35 heavy (non-hydrogen) atoms. The Kier molecular flexibility index (Phi) is 11.5. The Bertz CT molecular complexity index is 655. The number of hydrogen-bond acceptors (Lipinski definition) is 0. The van der Waals surface area contributed by atoms with Gasteiger partial charge in [0.1, 0.15) is 0 Å². The van der Waals surface area contributed by atoms with Gasteiger partial charge in [-0.2, -0.15) is 0 Å². The molecule has 0 heterocycles. The zero-order chi connectivity index (χ0) is 25.1. The van der Waals surface area contributed by atoms with Crippen LogP contribution in [0.15, 0.2) is 11.6 Å². The van der Waals surface area contributed by atoms with Gasteiger partial charge in [-0.05, 0) is 110 Å². The van der Waals surface area contributed by atoms with Gasteiger partial charge < -0.3 is 0 Å². The van der Waals surface area contributed by atoms with Gasteiger partial charge in [0.15, 0.2) is 0 Å². The lowest BCUT2D eigenvalue weighted by Crippen LogP contribution is -2.50. The van der Waals surface area contributed by atoms with Crippen molar-refractivity contribution in [1.29, 1.82) is 0 Å². The zero-order valence-electron chi connectivity index (χ0n) is 24.9. The minimum absolute atomic E-state index is 0. The second kappa shape index (κ2) is 13.0. The van der Waals surface area contributed by atoms with E-state index >= 15 is 0 Å². The van der Waals surface area contributed by atoms with E-state index in [9.17, 15) is 0 Å². The van der Waals surface area contributed by atoms with Crippen molar-refractivity contribution in [2.24, 2.45) is 58.2 Å². The number of hydrogen-bond donors (Lipinski definition) is 0. The second-order valence-electron chi connectivity index (χ2n) is 14.5. The van der Waals surface area contributed by atoms with E-state index in [0.717, 1.165) is 47.3 Å². The maximum absolute atomic E-state index is 2.75. The fourth-order valence-corrected chi connectivity index (χ4v) is 9.23. The molecular formula is C35H66. The van der Waals surface area contributed by atoms with Gasteiger partial charge in [-0.25, -0.2) is 0 Å². The highest BCUT2D eigenvalue weighted by molar-refractivity contribution is 5.25. The fourth-order valence-electron chi connectivity index (χ4n) is 9.23. The van der Waals surface area contributed by atoms with Crippen molar-refractivity contribution in [3.05, 3.63) is 11.6 Å². The van der Waals surface area contributed by atoms with Gasteiger partial charge >= 0.3 is 0 Å². The average Bonchev–Trinajstić information content (AvgIpc) is 3.16. The molecule has 0 bridgehead atoms. The van der Waals surface area contributed by atoms with Crippen LogP contribution in [0.4, 0.5) is 0 Å². The molecule has 9 unspecified atom stereocenters. The van der Waals surface area contributed by atoms with Crippen LogP contribution in [0.3, 0.4) is 0 Å². The summed E-state index contributed by atoms with van der Waals surface area (Å²) in [5, 5.41) is 0. The van der Waals surface area contributed by atoms with E-state index in [1.165, 1.54) is 83.5 Å². The van der Waals surface area contributed by atoms with Crippen molar-refractivity contribution >= 4 is 0 Å². The summed E-state index contributed by atoms with van der Waals surface area (Å²) in [7, 11) is 0. The standard InChI is InChI=1S/C29H50.C5H12.CH4/c1-19(2)21(4)8-9-22(5)25-12-13-26-24-11-10-23-18-20(3)14-16-28(23,6)27(24)15-17-29(25,26)7;1-3-5-4-2;/h10,19-22,24-27H,8-9,11-18H2,1-7H3;3-5H2,1-2H3;1H4. The molecular weight excluding hydrogens is 420 g/mol. The average molecular weight is 487 g/mol. The minimum atomic E-state index is 0. The topological polar surface area (TPSA) is 0 Å². The van der Waals surface area contributed by atoms with Crippen molar-refractivity contribution in [2.45, 2.75) is 153 Å². The molecule has 4 aliphatic carbocycles. The number of rotatable bonds is 7. The van der Waals surface area contributed by atoms with Crippen LogP contribution in [0.1, 0.15) is 153 Å². The lowest BCUT2D eigenvalue weighted by atomic mass is 9.46. The van der Waals surface area contributed by atoms with Crippen LogP contribution >= 0.6 is 0 Å². The molecule has 206 valence electrons. The molecule has 9 atom stereocenters. The van der Waals surface area contributed by atoms with Crippen LogP contribution in [-0.2, 0) is 0 Å². The Morgan fingerprint density at radius 2 is 1.57 bits per heavy atom. The Morgan fingerprint density at radius 1 is 0.886 bits per heavy atom. The van der Waals surface area contributed by atoms with E-state index in [-0.39, 0.29) is 7.43 Å². The largest absolute Gasteiger partial charge is 0.0845 e. The molecule has 0 aliphatic heterocycles. The lowest BCUT2D eigenvalue weighted by Gasteiger charge is -2.58. The van der Waals surface area contributed by atoms with E-state index in [2.05, 4.69) is 68.4 Å². The molecule has 0 amide bonds. The number of fused-ring (bicyclic) bond motifs is 5. The molecule has 4 rings (SSSR count). The fraction of sp³-hybridized carbons (Fsp3) is 0.943. The van der Waals surface area contributed by atoms with E-state index in [4.69, 9.17) is 0 Å². The molecule has 0 heteroatoms. The Balaban J connectivity index is 0.000000656. The number of unbranched alkanes of at least 4 members (excludes halogenated alkanes) is 2. The highest BCUT2D eigenvalue weighted by Gasteiger charge is 2.58. The molecule has 3 fully saturated rings. The summed E-state index contributed by atoms with van der Waals surface area (Å²) in [6.07, 6.45) is 21.6.